The number of esters is 2. The van der Waals surface area contributed by atoms with Crippen LogP contribution in [0.2, 0.25) is 0 Å². The van der Waals surface area contributed by atoms with Gasteiger partial charge in [0.2, 0.25) is 0 Å². The van der Waals surface area contributed by atoms with Gasteiger partial charge in [-0.05, 0) is 92.3 Å². The van der Waals surface area contributed by atoms with E-state index in [-0.39, 0.29) is 48.2 Å². The van der Waals surface area contributed by atoms with Crippen LogP contribution in [0.1, 0.15) is 99.8 Å². The lowest BCUT2D eigenvalue weighted by Crippen LogP contribution is -2.59. The molecule has 2 unspecified atom stereocenters. The molecule has 3 saturated heterocycles. The standard InChI is InChI=1S/C36H62N2O9/c1-11-28-36(7)26(17-29(39)47-36)23(5)37-19-20(2)18-35(6,43-10)32(21(3)30(40)22(4)33(42)45-28)46-34-31(41)27(38(8)9)16-25(44-34)15-14-24-12-13-24/h20-28,31-32,34,37,41H,11-19H2,1-10H3/t20-,21+,22?,23-,25-,26-,27?,28-,31-,32-,34+,35-,36+/m1/s1. The number of cyclic esters (lactones) is 1. The van der Waals surface area contributed by atoms with Crippen LogP contribution in [0, 0.1) is 29.6 Å². The Balaban J connectivity index is 1.67. The van der Waals surface area contributed by atoms with E-state index in [0.29, 0.717) is 25.8 Å². The number of aliphatic hydroxyl groups is 1. The van der Waals surface area contributed by atoms with Gasteiger partial charge in [0.05, 0.1) is 24.2 Å². The molecule has 3 aliphatic heterocycles. The number of likely N-dealkylation sites (N-methyl/N-ethyl adjacent to an activating group) is 1. The van der Waals surface area contributed by atoms with E-state index in [9.17, 15) is 19.5 Å². The van der Waals surface area contributed by atoms with Crippen LogP contribution < -0.4 is 5.32 Å². The molecule has 13 atom stereocenters. The van der Waals surface area contributed by atoms with Crippen molar-refractivity contribution in [2.24, 2.45) is 29.6 Å². The van der Waals surface area contributed by atoms with Gasteiger partial charge in [0.25, 0.3) is 0 Å². The van der Waals surface area contributed by atoms with Crippen LogP contribution in [-0.4, -0.2) is 109 Å². The van der Waals surface area contributed by atoms with Crippen molar-refractivity contribution in [1.82, 2.24) is 10.2 Å². The van der Waals surface area contributed by atoms with Crippen molar-refractivity contribution in [1.29, 1.82) is 0 Å². The lowest BCUT2D eigenvalue weighted by molar-refractivity contribution is -0.298. The van der Waals surface area contributed by atoms with E-state index < -0.39 is 53.6 Å². The number of rotatable bonds is 8. The Morgan fingerprint density at radius 1 is 1.06 bits per heavy atom. The minimum absolute atomic E-state index is 0.0699. The summed E-state index contributed by atoms with van der Waals surface area (Å²) in [6, 6.07) is -0.300. The summed E-state index contributed by atoms with van der Waals surface area (Å²) in [7, 11) is 5.51. The molecule has 11 heteroatoms. The van der Waals surface area contributed by atoms with Crippen LogP contribution in [0.15, 0.2) is 0 Å². The number of nitrogens with zero attached hydrogens (tertiary/aromatic N) is 1. The van der Waals surface area contributed by atoms with Crippen molar-refractivity contribution in [3.05, 3.63) is 0 Å². The molecule has 4 aliphatic rings. The van der Waals surface area contributed by atoms with Gasteiger partial charge in [-0.25, -0.2) is 0 Å². The van der Waals surface area contributed by atoms with Crippen molar-refractivity contribution in [3.8, 4) is 0 Å². The minimum atomic E-state index is -1.11. The number of carbonyl (C=O) groups excluding carboxylic acids is 3. The number of ketones is 1. The highest BCUT2D eigenvalue weighted by Crippen LogP contribution is 2.42. The Kier molecular flexibility index (Phi) is 12.6. The molecule has 1 saturated carbocycles. The Bertz CT molecular complexity index is 1100. The second-order valence-electron chi connectivity index (χ2n) is 15.7. The number of hydrogen-bond acceptors (Lipinski definition) is 11. The fourth-order valence-corrected chi connectivity index (χ4v) is 8.33. The SMILES string of the molecule is CC[C@H]1OC(=O)C(C)C(=O)[C@H](C)[C@@H](O[C@@H]2O[C@H](CCC3CC3)CC(N(C)C)[C@H]2O)[C@](C)(OC)C[C@@H](C)CN[C@H](C)[C@H]2CC(=O)O[C@@]21C. The van der Waals surface area contributed by atoms with Crippen LogP contribution in [0.25, 0.3) is 0 Å². The average molecular weight is 667 g/mol. The van der Waals surface area contributed by atoms with Crippen molar-refractivity contribution in [2.75, 3.05) is 27.7 Å². The van der Waals surface area contributed by atoms with Crippen LogP contribution >= 0.6 is 0 Å². The maximum absolute atomic E-state index is 14.2. The largest absolute Gasteiger partial charge is 0.458 e. The molecule has 0 aromatic heterocycles. The molecule has 47 heavy (non-hydrogen) atoms. The van der Waals surface area contributed by atoms with Gasteiger partial charge in [-0.3, -0.25) is 14.4 Å². The van der Waals surface area contributed by atoms with Gasteiger partial charge >= 0.3 is 11.9 Å². The molecular weight excluding hydrogens is 604 g/mol. The highest BCUT2D eigenvalue weighted by Gasteiger charge is 2.55. The minimum Gasteiger partial charge on any atom is -0.458 e. The van der Waals surface area contributed by atoms with Crippen LogP contribution in [0.4, 0.5) is 0 Å². The molecule has 4 rings (SSSR count). The van der Waals surface area contributed by atoms with E-state index in [0.717, 1.165) is 18.8 Å². The molecule has 1 aliphatic carbocycles. The van der Waals surface area contributed by atoms with E-state index in [4.69, 9.17) is 23.7 Å². The summed E-state index contributed by atoms with van der Waals surface area (Å²) in [5.74, 6) is -2.67. The summed E-state index contributed by atoms with van der Waals surface area (Å²) < 4.78 is 31.4. The zero-order chi connectivity index (χ0) is 34.8. The lowest BCUT2D eigenvalue weighted by atomic mass is 9.78. The maximum atomic E-state index is 14.2. The third kappa shape index (κ3) is 8.58. The second kappa shape index (κ2) is 15.5. The Hall–Kier alpha value is -1.63. The van der Waals surface area contributed by atoms with Crippen molar-refractivity contribution < 1.29 is 43.2 Å². The first-order chi connectivity index (χ1) is 22.0. The van der Waals surface area contributed by atoms with E-state index in [1.807, 2.05) is 46.7 Å². The highest BCUT2D eigenvalue weighted by molar-refractivity contribution is 6.00. The molecule has 270 valence electrons. The number of carbonyl (C=O) groups is 3. The molecule has 3 heterocycles. The summed E-state index contributed by atoms with van der Waals surface area (Å²) in [4.78, 5) is 42.5. The van der Waals surface area contributed by atoms with Crippen molar-refractivity contribution in [3.63, 3.8) is 0 Å². The topological polar surface area (TPSA) is 133 Å². The number of fused-ring (bicyclic) bond motifs is 1. The van der Waals surface area contributed by atoms with Gasteiger partial charge in [-0.2, -0.15) is 0 Å². The Morgan fingerprint density at radius 2 is 1.74 bits per heavy atom. The first-order valence-corrected chi connectivity index (χ1v) is 17.9. The van der Waals surface area contributed by atoms with E-state index in [2.05, 4.69) is 12.2 Å². The average Bonchev–Trinajstić information content (AvgIpc) is 3.80. The zero-order valence-electron chi connectivity index (χ0n) is 30.5. The molecule has 11 nitrogen and oxygen atoms in total. The third-order valence-electron chi connectivity index (χ3n) is 11.7. The molecule has 0 bridgehead atoms. The summed E-state index contributed by atoms with van der Waals surface area (Å²) in [5.41, 5.74) is -2.01. The van der Waals surface area contributed by atoms with E-state index in [1.165, 1.54) is 12.8 Å². The number of methoxy groups -OCH3 is 1. The molecule has 0 aromatic rings. The molecule has 0 radical (unpaired) electrons. The van der Waals surface area contributed by atoms with Gasteiger partial charge in [0.1, 0.15) is 18.1 Å². The van der Waals surface area contributed by atoms with E-state index >= 15 is 0 Å². The summed E-state index contributed by atoms with van der Waals surface area (Å²) in [5, 5.41) is 15.2. The second-order valence-corrected chi connectivity index (χ2v) is 15.7. The monoisotopic (exact) mass is 666 g/mol. The maximum Gasteiger partial charge on any atom is 0.316 e. The summed E-state index contributed by atoms with van der Waals surface area (Å²) in [6.07, 6.45) is 2.76. The number of Topliss-reactive ketones (excluding diaryl/α,β-unsaturated/α-hetero) is 1. The summed E-state index contributed by atoms with van der Waals surface area (Å²) in [6.45, 7) is 13.7. The predicted molar refractivity (Wildman–Crippen MR) is 176 cm³/mol. The molecule has 0 spiro atoms. The smallest absolute Gasteiger partial charge is 0.316 e. The van der Waals surface area contributed by atoms with Gasteiger partial charge < -0.3 is 39.0 Å². The quantitative estimate of drug-likeness (QED) is 0.289. The van der Waals surface area contributed by atoms with E-state index in [1.54, 1.807) is 21.0 Å². The van der Waals surface area contributed by atoms with Crippen LogP contribution in [-0.2, 0) is 38.1 Å². The molecule has 2 N–H and O–H groups in total. The number of aliphatic hydroxyl groups excluding tert-OH is 1. The first kappa shape index (κ1) is 38.2. The number of ether oxygens (including phenoxy) is 5. The molecular formula is C36H62N2O9. The number of hydrogen-bond donors (Lipinski definition) is 2. The van der Waals surface area contributed by atoms with Gasteiger partial charge in [0, 0.05) is 31.0 Å². The van der Waals surface area contributed by atoms with Gasteiger partial charge in [-0.15, -0.1) is 0 Å². The number of nitrogens with one attached hydrogen (secondary N) is 1. The zero-order valence-corrected chi connectivity index (χ0v) is 30.5. The highest BCUT2D eigenvalue weighted by atomic mass is 16.7. The predicted octanol–water partition coefficient (Wildman–Crippen LogP) is 3.88. The Morgan fingerprint density at radius 3 is 2.34 bits per heavy atom. The summed E-state index contributed by atoms with van der Waals surface area (Å²) >= 11 is 0. The molecule has 4 fully saturated rings. The first-order valence-electron chi connectivity index (χ1n) is 17.9. The Labute approximate surface area is 282 Å². The lowest BCUT2D eigenvalue weighted by Gasteiger charge is -2.47. The molecule has 0 aromatic carbocycles. The third-order valence-corrected chi connectivity index (χ3v) is 11.7. The molecule has 0 amide bonds. The van der Waals surface area contributed by atoms with Gasteiger partial charge in [0.15, 0.2) is 17.7 Å². The normalized spacial score (nSPS) is 44.3. The van der Waals surface area contributed by atoms with Crippen LogP contribution in [0.3, 0.4) is 0 Å². The van der Waals surface area contributed by atoms with Crippen molar-refractivity contribution in [2.45, 2.75) is 154 Å². The van der Waals surface area contributed by atoms with Crippen molar-refractivity contribution >= 4 is 17.7 Å². The fraction of sp³-hybridized carbons (Fsp3) is 0.917. The fourth-order valence-electron chi connectivity index (χ4n) is 8.33. The van der Waals surface area contributed by atoms with Crippen LogP contribution in [0.5, 0.6) is 0 Å². The van der Waals surface area contributed by atoms with Gasteiger partial charge in [-0.1, -0.05) is 33.6 Å².